The Kier molecular flexibility index (Phi) is 3.65. The van der Waals surface area contributed by atoms with Crippen molar-refractivity contribution in [1.29, 1.82) is 0 Å². The van der Waals surface area contributed by atoms with E-state index in [1.165, 1.54) is 32.8 Å². The van der Waals surface area contributed by atoms with Gasteiger partial charge in [0.2, 0.25) is 0 Å². The number of nitrogens with zero attached hydrogens (tertiary/aromatic N) is 2. The number of hydrogen-bond acceptors (Lipinski definition) is 0. The minimum atomic E-state index is 1.08. The fourth-order valence-electron chi connectivity index (χ4n) is 4.40. The number of halogens is 1. The lowest BCUT2D eigenvalue weighted by Crippen LogP contribution is -2.01. The summed E-state index contributed by atoms with van der Waals surface area (Å²) in [6.45, 7) is 0. The van der Waals surface area contributed by atoms with Crippen molar-refractivity contribution in [3.63, 3.8) is 0 Å². The molecule has 2 aromatic heterocycles. The summed E-state index contributed by atoms with van der Waals surface area (Å²) in [6.07, 6.45) is 0. The van der Waals surface area contributed by atoms with Gasteiger partial charge in [-0.25, -0.2) is 0 Å². The van der Waals surface area contributed by atoms with Crippen LogP contribution in [0.3, 0.4) is 0 Å². The fraction of sp³-hybridized carbons (Fsp3) is 0. The predicted molar refractivity (Wildman–Crippen MR) is 125 cm³/mol. The normalized spacial score (nSPS) is 11.6. The van der Waals surface area contributed by atoms with Gasteiger partial charge in [0, 0.05) is 32.0 Å². The van der Waals surface area contributed by atoms with Crippen LogP contribution in [0.25, 0.3) is 44.2 Å². The standard InChI is InChI=1S/C26H17BrN2/c27-18-15-16-22-24(17-18)29(20-11-5-2-6-12-20)26-25(22)21-13-7-8-14-23(21)28(26)19-9-3-1-4-10-19/h1-17H. The molecule has 29 heavy (non-hydrogen) atoms. The molecule has 0 radical (unpaired) electrons. The molecule has 138 valence electrons. The summed E-state index contributed by atoms with van der Waals surface area (Å²) in [7, 11) is 0. The van der Waals surface area contributed by atoms with Gasteiger partial charge in [0.1, 0.15) is 5.65 Å². The highest BCUT2D eigenvalue weighted by molar-refractivity contribution is 9.10. The van der Waals surface area contributed by atoms with Crippen LogP contribution in [0, 0.1) is 0 Å². The predicted octanol–water partition coefficient (Wildman–Crippen LogP) is 7.49. The van der Waals surface area contributed by atoms with E-state index in [1.807, 2.05) is 0 Å². The first-order valence-corrected chi connectivity index (χ1v) is 10.5. The highest BCUT2D eigenvalue weighted by Gasteiger charge is 2.21. The third-order valence-corrected chi connectivity index (χ3v) is 6.05. The highest BCUT2D eigenvalue weighted by atomic mass is 79.9. The van der Waals surface area contributed by atoms with Gasteiger partial charge in [0.05, 0.1) is 11.0 Å². The van der Waals surface area contributed by atoms with Gasteiger partial charge >= 0.3 is 0 Å². The van der Waals surface area contributed by atoms with E-state index in [9.17, 15) is 0 Å². The van der Waals surface area contributed by atoms with Crippen molar-refractivity contribution in [1.82, 2.24) is 9.13 Å². The summed E-state index contributed by atoms with van der Waals surface area (Å²) in [6, 6.07) is 36.5. The van der Waals surface area contributed by atoms with Gasteiger partial charge in [-0.3, -0.25) is 9.13 Å². The molecule has 0 spiro atoms. The van der Waals surface area contributed by atoms with E-state index in [0.717, 1.165) is 15.8 Å². The summed E-state index contributed by atoms with van der Waals surface area (Å²) in [4.78, 5) is 0. The quantitative estimate of drug-likeness (QED) is 0.266. The Bertz CT molecular complexity index is 1490. The zero-order valence-corrected chi connectivity index (χ0v) is 17.2. The van der Waals surface area contributed by atoms with E-state index < -0.39 is 0 Å². The highest BCUT2D eigenvalue weighted by Crippen LogP contribution is 2.41. The van der Waals surface area contributed by atoms with Gasteiger partial charge in [-0.05, 0) is 42.5 Å². The van der Waals surface area contributed by atoms with Gasteiger partial charge in [0.25, 0.3) is 0 Å². The summed E-state index contributed by atoms with van der Waals surface area (Å²) in [5, 5.41) is 3.82. The Morgan fingerprint density at radius 1 is 0.517 bits per heavy atom. The van der Waals surface area contributed by atoms with Crippen LogP contribution in [-0.2, 0) is 0 Å². The lowest BCUT2D eigenvalue weighted by Gasteiger charge is -2.12. The smallest absolute Gasteiger partial charge is 0.131 e. The molecule has 0 aliphatic heterocycles. The average molecular weight is 437 g/mol. The molecule has 0 bridgehead atoms. The molecule has 0 atom stereocenters. The van der Waals surface area contributed by atoms with Crippen molar-refractivity contribution >= 4 is 48.8 Å². The van der Waals surface area contributed by atoms with Gasteiger partial charge in [-0.2, -0.15) is 0 Å². The number of rotatable bonds is 2. The van der Waals surface area contributed by atoms with Gasteiger partial charge in [0.15, 0.2) is 0 Å². The number of para-hydroxylation sites is 3. The van der Waals surface area contributed by atoms with E-state index >= 15 is 0 Å². The average Bonchev–Trinajstić information content (AvgIpc) is 3.27. The molecule has 0 N–H and O–H groups in total. The molecule has 0 fully saturated rings. The molecule has 6 rings (SSSR count). The zero-order valence-electron chi connectivity index (χ0n) is 15.6. The van der Waals surface area contributed by atoms with E-state index in [2.05, 4.69) is 128 Å². The molecule has 2 nitrogen and oxygen atoms in total. The molecule has 0 aliphatic rings. The Morgan fingerprint density at radius 3 is 1.76 bits per heavy atom. The molecule has 2 heterocycles. The second kappa shape index (κ2) is 6.36. The molecule has 0 aliphatic carbocycles. The van der Waals surface area contributed by atoms with Crippen molar-refractivity contribution in [2.75, 3.05) is 0 Å². The Morgan fingerprint density at radius 2 is 1.07 bits per heavy atom. The summed E-state index contributed by atoms with van der Waals surface area (Å²) >= 11 is 3.68. The second-order valence-electron chi connectivity index (χ2n) is 7.22. The maximum atomic E-state index is 3.68. The van der Waals surface area contributed by atoms with Crippen LogP contribution in [-0.4, -0.2) is 9.13 Å². The first kappa shape index (κ1) is 16.6. The largest absolute Gasteiger partial charge is 0.295 e. The van der Waals surface area contributed by atoms with Gasteiger partial charge < -0.3 is 0 Å². The van der Waals surface area contributed by atoms with Crippen LogP contribution < -0.4 is 0 Å². The second-order valence-corrected chi connectivity index (χ2v) is 8.13. The van der Waals surface area contributed by atoms with Crippen LogP contribution in [0.1, 0.15) is 0 Å². The van der Waals surface area contributed by atoms with Gasteiger partial charge in [-0.15, -0.1) is 0 Å². The Hall–Kier alpha value is -3.30. The minimum absolute atomic E-state index is 1.08. The molecule has 0 saturated carbocycles. The SMILES string of the molecule is Brc1ccc2c3c4ccccc4n(-c4ccccc4)c3n(-c3ccccc3)c2c1. The molecule has 0 amide bonds. The maximum Gasteiger partial charge on any atom is 0.131 e. The van der Waals surface area contributed by atoms with E-state index in [1.54, 1.807) is 0 Å². The number of fused-ring (bicyclic) bond motifs is 5. The monoisotopic (exact) mass is 436 g/mol. The lowest BCUT2D eigenvalue weighted by atomic mass is 10.1. The summed E-state index contributed by atoms with van der Waals surface area (Å²) < 4.78 is 5.84. The molecule has 0 saturated heterocycles. The molecule has 4 aromatic carbocycles. The third-order valence-electron chi connectivity index (χ3n) is 5.56. The van der Waals surface area contributed by atoms with Crippen molar-refractivity contribution < 1.29 is 0 Å². The summed E-state index contributed by atoms with van der Waals surface area (Å²) in [5.41, 5.74) is 5.93. The first-order valence-electron chi connectivity index (χ1n) is 9.67. The number of hydrogen-bond donors (Lipinski definition) is 0. The molecule has 6 aromatic rings. The third kappa shape index (κ3) is 2.41. The minimum Gasteiger partial charge on any atom is -0.295 e. The fourth-order valence-corrected chi connectivity index (χ4v) is 4.74. The van der Waals surface area contributed by atoms with Crippen molar-refractivity contribution in [3.8, 4) is 11.4 Å². The van der Waals surface area contributed by atoms with Crippen LogP contribution in [0.2, 0.25) is 0 Å². The lowest BCUT2D eigenvalue weighted by molar-refractivity contribution is 1.07. The number of benzene rings is 4. The summed E-state index contributed by atoms with van der Waals surface area (Å²) in [5.74, 6) is 0. The van der Waals surface area contributed by atoms with E-state index in [-0.39, 0.29) is 0 Å². The van der Waals surface area contributed by atoms with Crippen molar-refractivity contribution in [2.24, 2.45) is 0 Å². The van der Waals surface area contributed by atoms with Crippen molar-refractivity contribution in [2.45, 2.75) is 0 Å². The van der Waals surface area contributed by atoms with Crippen LogP contribution >= 0.6 is 15.9 Å². The Balaban J connectivity index is 1.93. The Labute approximate surface area is 176 Å². The molecule has 3 heteroatoms. The molecule has 0 unspecified atom stereocenters. The molecular formula is C26H17BrN2. The topological polar surface area (TPSA) is 9.86 Å². The maximum absolute atomic E-state index is 3.68. The van der Waals surface area contributed by atoms with Crippen LogP contribution in [0.4, 0.5) is 0 Å². The van der Waals surface area contributed by atoms with Crippen LogP contribution in [0.15, 0.2) is 108 Å². The van der Waals surface area contributed by atoms with Crippen molar-refractivity contribution in [3.05, 3.63) is 108 Å². The molecular weight excluding hydrogens is 420 g/mol. The van der Waals surface area contributed by atoms with E-state index in [4.69, 9.17) is 0 Å². The van der Waals surface area contributed by atoms with Gasteiger partial charge in [-0.1, -0.05) is 76.6 Å². The zero-order chi connectivity index (χ0) is 19.4. The van der Waals surface area contributed by atoms with E-state index in [0.29, 0.717) is 0 Å². The first-order chi connectivity index (χ1) is 14.3. The van der Waals surface area contributed by atoms with Crippen LogP contribution in [0.5, 0.6) is 0 Å². The number of aromatic nitrogens is 2.